The van der Waals surface area contributed by atoms with Gasteiger partial charge in [-0.25, -0.2) is 0 Å². The Morgan fingerprint density at radius 1 is 1.42 bits per heavy atom. The van der Waals surface area contributed by atoms with Crippen LogP contribution in [-0.4, -0.2) is 40.8 Å². The molecule has 0 aliphatic carbocycles. The highest BCUT2D eigenvalue weighted by Crippen LogP contribution is 2.21. The summed E-state index contributed by atoms with van der Waals surface area (Å²) < 4.78 is 0. The lowest BCUT2D eigenvalue weighted by molar-refractivity contribution is 0.545. The van der Waals surface area contributed by atoms with Gasteiger partial charge in [0.05, 0.1) is 5.69 Å². The van der Waals surface area contributed by atoms with Gasteiger partial charge in [0.15, 0.2) is 5.82 Å². The molecule has 0 aromatic carbocycles. The van der Waals surface area contributed by atoms with E-state index in [1.54, 1.807) is 0 Å². The van der Waals surface area contributed by atoms with Gasteiger partial charge in [-0.2, -0.15) is 16.9 Å². The van der Waals surface area contributed by atoms with Crippen molar-refractivity contribution >= 4 is 17.6 Å². The van der Waals surface area contributed by atoms with Gasteiger partial charge in [0.25, 0.3) is 0 Å². The molecule has 1 fully saturated rings. The Morgan fingerprint density at radius 3 is 2.89 bits per heavy atom. The number of aromatic nitrogens is 2. The van der Waals surface area contributed by atoms with Crippen molar-refractivity contribution in [3.8, 4) is 0 Å². The van der Waals surface area contributed by atoms with E-state index in [4.69, 9.17) is 0 Å². The molecule has 0 radical (unpaired) electrons. The SMILES string of the molecule is CC(C)CNCc1ccc(N2CCSCC2C)nn1. The zero-order valence-corrected chi connectivity index (χ0v) is 12.9. The van der Waals surface area contributed by atoms with E-state index in [0.717, 1.165) is 31.1 Å². The van der Waals surface area contributed by atoms with E-state index in [9.17, 15) is 0 Å². The van der Waals surface area contributed by atoms with E-state index in [2.05, 4.69) is 53.3 Å². The van der Waals surface area contributed by atoms with Gasteiger partial charge in [-0.05, 0) is 31.5 Å². The predicted octanol–water partition coefficient (Wildman–Crippen LogP) is 2.16. The fourth-order valence-corrected chi connectivity index (χ4v) is 3.17. The van der Waals surface area contributed by atoms with Gasteiger partial charge in [-0.3, -0.25) is 0 Å². The van der Waals surface area contributed by atoms with Crippen LogP contribution in [0.5, 0.6) is 0 Å². The Labute approximate surface area is 120 Å². The molecule has 2 rings (SSSR count). The number of nitrogens with one attached hydrogen (secondary N) is 1. The number of rotatable bonds is 5. The van der Waals surface area contributed by atoms with Crippen molar-refractivity contribution in [2.75, 3.05) is 29.5 Å². The van der Waals surface area contributed by atoms with Crippen molar-refractivity contribution in [2.24, 2.45) is 5.92 Å². The van der Waals surface area contributed by atoms with E-state index >= 15 is 0 Å². The highest BCUT2D eigenvalue weighted by molar-refractivity contribution is 7.99. The Balaban J connectivity index is 1.90. The van der Waals surface area contributed by atoms with Crippen molar-refractivity contribution in [3.63, 3.8) is 0 Å². The summed E-state index contributed by atoms with van der Waals surface area (Å²) in [5.41, 5.74) is 1.02. The summed E-state index contributed by atoms with van der Waals surface area (Å²) in [6.45, 7) is 9.56. The van der Waals surface area contributed by atoms with Crippen molar-refractivity contribution in [3.05, 3.63) is 17.8 Å². The Kier molecular flexibility index (Phi) is 5.45. The van der Waals surface area contributed by atoms with Gasteiger partial charge in [0.1, 0.15) is 0 Å². The molecular formula is C14H24N4S. The average Bonchev–Trinajstić information content (AvgIpc) is 2.40. The number of hydrogen-bond donors (Lipinski definition) is 1. The first-order chi connectivity index (χ1) is 9.16. The molecule has 0 bridgehead atoms. The summed E-state index contributed by atoms with van der Waals surface area (Å²) in [7, 11) is 0. The van der Waals surface area contributed by atoms with Gasteiger partial charge in [-0.15, -0.1) is 5.10 Å². The van der Waals surface area contributed by atoms with Crippen LogP contribution in [0.25, 0.3) is 0 Å². The van der Waals surface area contributed by atoms with Crippen molar-refractivity contribution in [1.29, 1.82) is 0 Å². The molecule has 106 valence electrons. The molecule has 19 heavy (non-hydrogen) atoms. The summed E-state index contributed by atoms with van der Waals surface area (Å²) in [6, 6.07) is 4.74. The van der Waals surface area contributed by atoms with E-state index < -0.39 is 0 Å². The molecule has 1 aliphatic heterocycles. The maximum Gasteiger partial charge on any atom is 0.151 e. The normalized spacial score (nSPS) is 20.0. The van der Waals surface area contributed by atoms with Crippen molar-refractivity contribution in [1.82, 2.24) is 15.5 Å². The van der Waals surface area contributed by atoms with Gasteiger partial charge in [0, 0.05) is 30.6 Å². The topological polar surface area (TPSA) is 41.0 Å². The molecule has 1 atom stereocenters. The van der Waals surface area contributed by atoms with Gasteiger partial charge in [-0.1, -0.05) is 13.8 Å². The fourth-order valence-electron chi connectivity index (χ4n) is 2.16. The van der Waals surface area contributed by atoms with Gasteiger partial charge < -0.3 is 10.2 Å². The minimum atomic E-state index is 0.554. The molecular weight excluding hydrogens is 256 g/mol. The monoisotopic (exact) mass is 280 g/mol. The molecule has 1 N–H and O–H groups in total. The number of thioether (sulfide) groups is 1. The second kappa shape index (κ2) is 7.10. The molecule has 0 spiro atoms. The lowest BCUT2D eigenvalue weighted by Crippen LogP contribution is -2.41. The lowest BCUT2D eigenvalue weighted by Gasteiger charge is -2.33. The molecule has 1 saturated heterocycles. The quantitative estimate of drug-likeness (QED) is 0.895. The maximum absolute atomic E-state index is 4.38. The lowest BCUT2D eigenvalue weighted by atomic mass is 10.2. The van der Waals surface area contributed by atoms with Crippen molar-refractivity contribution < 1.29 is 0 Å². The van der Waals surface area contributed by atoms with E-state index in [0.29, 0.717) is 12.0 Å². The summed E-state index contributed by atoms with van der Waals surface area (Å²) in [5, 5.41) is 12.1. The van der Waals surface area contributed by atoms with Crippen LogP contribution in [-0.2, 0) is 6.54 Å². The first kappa shape index (κ1) is 14.6. The molecule has 5 heteroatoms. The zero-order valence-electron chi connectivity index (χ0n) is 12.1. The molecule has 0 amide bonds. The average molecular weight is 280 g/mol. The minimum absolute atomic E-state index is 0.554. The highest BCUT2D eigenvalue weighted by atomic mass is 32.2. The van der Waals surface area contributed by atoms with Crippen LogP contribution in [0.4, 0.5) is 5.82 Å². The van der Waals surface area contributed by atoms with Crippen LogP contribution in [0, 0.1) is 5.92 Å². The Bertz CT molecular complexity index is 380. The molecule has 1 unspecified atom stereocenters. The van der Waals surface area contributed by atoms with Crippen LogP contribution >= 0.6 is 11.8 Å². The first-order valence-corrected chi connectivity index (χ1v) is 8.20. The molecule has 0 saturated carbocycles. The second-order valence-electron chi connectivity index (χ2n) is 5.52. The Hall–Kier alpha value is -0.810. The van der Waals surface area contributed by atoms with E-state index in [1.807, 2.05) is 11.8 Å². The highest BCUT2D eigenvalue weighted by Gasteiger charge is 2.20. The standard InChI is InChI=1S/C14H24N4S/c1-11(2)8-15-9-13-4-5-14(17-16-13)18-6-7-19-10-12(18)3/h4-5,11-12,15H,6-10H2,1-3H3. The van der Waals surface area contributed by atoms with Gasteiger partial charge in [0.2, 0.25) is 0 Å². The fraction of sp³-hybridized carbons (Fsp3) is 0.714. The summed E-state index contributed by atoms with van der Waals surface area (Å²) in [6.07, 6.45) is 0. The Morgan fingerprint density at radius 2 is 2.26 bits per heavy atom. The van der Waals surface area contributed by atoms with Crippen LogP contribution < -0.4 is 10.2 Å². The summed E-state index contributed by atoms with van der Waals surface area (Å²) in [5.74, 6) is 4.04. The van der Waals surface area contributed by atoms with Crippen LogP contribution in [0.3, 0.4) is 0 Å². The van der Waals surface area contributed by atoms with Gasteiger partial charge >= 0.3 is 0 Å². The molecule has 1 aliphatic rings. The predicted molar refractivity (Wildman–Crippen MR) is 82.7 cm³/mol. The largest absolute Gasteiger partial charge is 0.351 e. The molecule has 4 nitrogen and oxygen atoms in total. The third-order valence-corrected chi connectivity index (χ3v) is 4.42. The second-order valence-corrected chi connectivity index (χ2v) is 6.67. The number of anilines is 1. The van der Waals surface area contributed by atoms with Crippen molar-refractivity contribution in [2.45, 2.75) is 33.4 Å². The molecule has 1 aromatic rings. The third-order valence-electron chi connectivity index (χ3n) is 3.23. The third kappa shape index (κ3) is 4.35. The number of hydrogen-bond acceptors (Lipinski definition) is 5. The van der Waals surface area contributed by atoms with Crippen LogP contribution in [0.15, 0.2) is 12.1 Å². The summed E-state index contributed by atoms with van der Waals surface area (Å²) in [4.78, 5) is 2.36. The van der Waals surface area contributed by atoms with Crippen LogP contribution in [0.1, 0.15) is 26.5 Å². The summed E-state index contributed by atoms with van der Waals surface area (Å²) >= 11 is 2.02. The number of nitrogens with zero attached hydrogens (tertiary/aromatic N) is 3. The van der Waals surface area contributed by atoms with Crippen LogP contribution in [0.2, 0.25) is 0 Å². The minimum Gasteiger partial charge on any atom is -0.351 e. The van der Waals surface area contributed by atoms with E-state index in [-0.39, 0.29) is 0 Å². The zero-order chi connectivity index (χ0) is 13.7. The van der Waals surface area contributed by atoms with E-state index in [1.165, 1.54) is 11.5 Å². The molecule has 1 aromatic heterocycles. The first-order valence-electron chi connectivity index (χ1n) is 7.04. The smallest absolute Gasteiger partial charge is 0.151 e. The maximum atomic E-state index is 4.38. The molecule has 2 heterocycles.